The molecule has 0 aliphatic heterocycles. The van der Waals surface area contributed by atoms with Crippen molar-refractivity contribution in [1.82, 2.24) is 14.5 Å². The van der Waals surface area contributed by atoms with E-state index in [0.717, 1.165) is 5.56 Å². The van der Waals surface area contributed by atoms with Crippen LogP contribution in [0.3, 0.4) is 0 Å². The van der Waals surface area contributed by atoms with Crippen LogP contribution in [0.15, 0.2) is 62.3 Å². The van der Waals surface area contributed by atoms with Gasteiger partial charge in [0.1, 0.15) is 0 Å². The van der Waals surface area contributed by atoms with Gasteiger partial charge < -0.3 is 19.1 Å². The summed E-state index contributed by atoms with van der Waals surface area (Å²) in [7, 11) is 3.87. The number of aromatic nitrogens is 2. The zero-order valence-electron chi connectivity index (χ0n) is 17.8. The number of nitrogens with zero attached hydrogens (tertiary/aromatic N) is 3. The molecule has 0 saturated carbocycles. The second kappa shape index (κ2) is 9.42. The quantitative estimate of drug-likeness (QED) is 0.432. The fraction of sp³-hybridized carbons (Fsp3) is 0.261. The van der Waals surface area contributed by atoms with Crippen LogP contribution in [0.25, 0.3) is 22.4 Å². The summed E-state index contributed by atoms with van der Waals surface area (Å²) in [5, 5.41) is 3.51. The molecule has 1 N–H and O–H groups in total. The molecular weight excluding hydrogens is 432 g/mol. The first-order chi connectivity index (χ1) is 15.4. The number of fused-ring (bicyclic) bond motifs is 1. The molecule has 0 saturated heterocycles. The van der Waals surface area contributed by atoms with Crippen molar-refractivity contribution in [3.05, 3.63) is 70.1 Å². The lowest BCUT2D eigenvalue weighted by Gasteiger charge is -2.10. The summed E-state index contributed by atoms with van der Waals surface area (Å²) in [6.07, 6.45) is 2.20. The minimum Gasteiger partial charge on any atom is -0.441 e. The summed E-state index contributed by atoms with van der Waals surface area (Å²) in [5.74, 6) is 0.512. The molecule has 0 aliphatic rings. The molecular formula is C23H23ClN4O4. The van der Waals surface area contributed by atoms with Crippen LogP contribution in [0.1, 0.15) is 12.3 Å². The number of rotatable bonds is 8. The highest BCUT2D eigenvalue weighted by Gasteiger charge is 2.13. The second-order valence-electron chi connectivity index (χ2n) is 7.68. The number of halogens is 1. The predicted octanol–water partition coefficient (Wildman–Crippen LogP) is 4.04. The molecule has 2 heterocycles. The first kappa shape index (κ1) is 21.9. The van der Waals surface area contributed by atoms with Crippen LogP contribution < -0.4 is 11.1 Å². The summed E-state index contributed by atoms with van der Waals surface area (Å²) in [6, 6.07) is 12.4. The van der Waals surface area contributed by atoms with Crippen LogP contribution in [0, 0.1) is 0 Å². The summed E-state index contributed by atoms with van der Waals surface area (Å²) in [6.45, 7) is 1.19. The van der Waals surface area contributed by atoms with E-state index < -0.39 is 5.76 Å². The number of amides is 1. The van der Waals surface area contributed by atoms with Crippen molar-refractivity contribution in [3.8, 4) is 11.3 Å². The van der Waals surface area contributed by atoms with Gasteiger partial charge in [-0.1, -0.05) is 11.6 Å². The Morgan fingerprint density at radius 2 is 1.94 bits per heavy atom. The molecule has 0 atom stereocenters. The maximum Gasteiger partial charge on any atom is 0.419 e. The fourth-order valence-corrected chi connectivity index (χ4v) is 3.40. The Morgan fingerprint density at radius 1 is 1.16 bits per heavy atom. The Labute approximate surface area is 189 Å². The Bertz CT molecular complexity index is 1290. The van der Waals surface area contributed by atoms with E-state index >= 15 is 0 Å². The van der Waals surface area contributed by atoms with Gasteiger partial charge >= 0.3 is 5.76 Å². The summed E-state index contributed by atoms with van der Waals surface area (Å²) < 4.78 is 12.6. The van der Waals surface area contributed by atoms with Gasteiger partial charge in [-0.05, 0) is 56.6 Å². The molecule has 0 unspecified atom stereocenters. The number of oxazole rings is 2. The Kier molecular flexibility index (Phi) is 6.43. The molecule has 9 heteroatoms. The average molecular weight is 455 g/mol. The normalized spacial score (nSPS) is 11.4. The van der Waals surface area contributed by atoms with Crippen molar-refractivity contribution in [3.63, 3.8) is 0 Å². The molecule has 0 aliphatic carbocycles. The zero-order valence-corrected chi connectivity index (χ0v) is 18.6. The molecule has 1 amide bonds. The molecule has 32 heavy (non-hydrogen) atoms. The number of aryl methyl sites for hydroxylation is 1. The summed E-state index contributed by atoms with van der Waals surface area (Å²) >= 11 is 5.91. The third-order valence-corrected chi connectivity index (χ3v) is 5.22. The fourth-order valence-electron chi connectivity index (χ4n) is 3.27. The van der Waals surface area contributed by atoms with Crippen LogP contribution in [-0.4, -0.2) is 41.0 Å². The van der Waals surface area contributed by atoms with Gasteiger partial charge in [0.25, 0.3) is 0 Å². The minimum atomic E-state index is -0.411. The number of hydrogen-bond donors (Lipinski definition) is 1. The van der Waals surface area contributed by atoms with Crippen LogP contribution in [-0.2, 0) is 17.8 Å². The first-order valence-corrected chi connectivity index (χ1v) is 10.6. The first-order valence-electron chi connectivity index (χ1n) is 10.2. The number of carbonyl (C=O) groups excluding carboxylic acids is 1. The van der Waals surface area contributed by atoms with E-state index in [0.29, 0.717) is 53.0 Å². The van der Waals surface area contributed by atoms with Gasteiger partial charge in [0.05, 0.1) is 11.7 Å². The van der Waals surface area contributed by atoms with E-state index in [4.69, 9.17) is 20.4 Å². The third-order valence-electron chi connectivity index (χ3n) is 4.97. The van der Waals surface area contributed by atoms with E-state index in [9.17, 15) is 9.59 Å². The van der Waals surface area contributed by atoms with Crippen molar-refractivity contribution in [2.75, 3.05) is 26.0 Å². The highest BCUT2D eigenvalue weighted by Crippen LogP contribution is 2.23. The maximum absolute atomic E-state index is 12.4. The van der Waals surface area contributed by atoms with Gasteiger partial charge in [0, 0.05) is 42.2 Å². The smallest absolute Gasteiger partial charge is 0.419 e. The van der Waals surface area contributed by atoms with Gasteiger partial charge in [-0.15, -0.1) is 0 Å². The standard InChI is InChI=1S/C23H23ClN4O4/c1-27(2)11-12-28-18-13-17(7-8-19(18)32-23(28)30)26-21(29)9-10-22-25-14-20(31-22)15-3-5-16(24)6-4-15/h3-8,13-14H,9-12H2,1-2H3,(H,26,29). The Balaban J connectivity index is 1.39. The van der Waals surface area contributed by atoms with Gasteiger partial charge in [-0.2, -0.15) is 0 Å². The lowest BCUT2D eigenvalue weighted by atomic mass is 10.2. The Morgan fingerprint density at radius 3 is 2.69 bits per heavy atom. The average Bonchev–Trinajstić information content (AvgIpc) is 3.35. The van der Waals surface area contributed by atoms with Gasteiger partial charge in [0.2, 0.25) is 5.91 Å². The van der Waals surface area contributed by atoms with E-state index in [-0.39, 0.29) is 12.3 Å². The highest BCUT2D eigenvalue weighted by atomic mass is 35.5. The molecule has 166 valence electrons. The van der Waals surface area contributed by atoms with Crippen molar-refractivity contribution >= 4 is 34.3 Å². The molecule has 0 radical (unpaired) electrons. The van der Waals surface area contributed by atoms with Crippen molar-refractivity contribution in [1.29, 1.82) is 0 Å². The van der Waals surface area contributed by atoms with Gasteiger partial charge in [-0.25, -0.2) is 9.78 Å². The third kappa shape index (κ3) is 5.09. The lowest BCUT2D eigenvalue weighted by molar-refractivity contribution is -0.116. The molecule has 8 nitrogen and oxygen atoms in total. The predicted molar refractivity (Wildman–Crippen MR) is 123 cm³/mol. The number of nitrogens with one attached hydrogen (secondary N) is 1. The number of benzene rings is 2. The molecule has 2 aromatic carbocycles. The molecule has 4 rings (SSSR count). The van der Waals surface area contributed by atoms with Crippen LogP contribution >= 0.6 is 11.6 Å². The molecule has 0 spiro atoms. The van der Waals surface area contributed by atoms with Crippen molar-refractivity contribution < 1.29 is 13.6 Å². The monoisotopic (exact) mass is 454 g/mol. The summed E-state index contributed by atoms with van der Waals surface area (Å²) in [5.41, 5.74) is 2.60. The van der Waals surface area contributed by atoms with Crippen molar-refractivity contribution in [2.24, 2.45) is 0 Å². The minimum absolute atomic E-state index is 0.179. The number of carbonyl (C=O) groups is 1. The van der Waals surface area contributed by atoms with Gasteiger partial charge in [0.15, 0.2) is 17.2 Å². The number of likely N-dealkylation sites (N-methyl/N-ethyl adjacent to an activating group) is 1. The number of hydrogen-bond acceptors (Lipinski definition) is 6. The summed E-state index contributed by atoms with van der Waals surface area (Å²) in [4.78, 5) is 30.8. The lowest BCUT2D eigenvalue weighted by Crippen LogP contribution is -2.23. The topological polar surface area (TPSA) is 93.5 Å². The SMILES string of the molecule is CN(C)CCn1c(=O)oc2ccc(NC(=O)CCc3ncc(-c4ccc(Cl)cc4)o3)cc21. The van der Waals surface area contributed by atoms with Crippen LogP contribution in [0.2, 0.25) is 5.02 Å². The number of anilines is 1. The highest BCUT2D eigenvalue weighted by molar-refractivity contribution is 6.30. The van der Waals surface area contributed by atoms with E-state index in [1.165, 1.54) is 0 Å². The van der Waals surface area contributed by atoms with E-state index in [2.05, 4.69) is 10.3 Å². The molecule has 0 bridgehead atoms. The van der Waals surface area contributed by atoms with Gasteiger partial charge in [-0.3, -0.25) is 9.36 Å². The van der Waals surface area contributed by atoms with E-state index in [1.54, 1.807) is 41.1 Å². The van der Waals surface area contributed by atoms with E-state index in [1.807, 2.05) is 31.1 Å². The molecule has 4 aromatic rings. The maximum atomic E-state index is 12.4. The molecule has 2 aromatic heterocycles. The van der Waals surface area contributed by atoms with Crippen molar-refractivity contribution in [2.45, 2.75) is 19.4 Å². The zero-order chi connectivity index (χ0) is 22.7. The molecule has 0 fully saturated rings. The second-order valence-corrected chi connectivity index (χ2v) is 8.12. The largest absolute Gasteiger partial charge is 0.441 e. The van der Waals surface area contributed by atoms with Crippen LogP contribution in [0.5, 0.6) is 0 Å². The Hall–Kier alpha value is -3.36. The van der Waals surface area contributed by atoms with Crippen LogP contribution in [0.4, 0.5) is 5.69 Å².